The Labute approximate surface area is 239 Å². The lowest BCUT2D eigenvalue weighted by Gasteiger charge is -2.36. The van der Waals surface area contributed by atoms with Gasteiger partial charge in [-0.05, 0) is 75.2 Å². The Morgan fingerprint density at radius 1 is 0.875 bits per heavy atom. The van der Waals surface area contributed by atoms with E-state index in [0.717, 1.165) is 18.5 Å². The molecule has 0 bridgehead atoms. The van der Waals surface area contributed by atoms with E-state index in [4.69, 9.17) is 32.1 Å². The number of nitrogens with two attached hydrogens (primary N) is 4. The average molecular weight is 573 g/mol. The molecule has 10 N–H and O–H groups in total. The Balaban J connectivity index is 2.00. The summed E-state index contributed by atoms with van der Waals surface area (Å²) >= 11 is 0. The Morgan fingerprint density at radius 3 is 2.00 bits per heavy atom. The molecule has 0 fully saturated rings. The number of carbonyl (C=O) groups excluding carboxylic acids is 2. The fourth-order valence-electron chi connectivity index (χ4n) is 3.84. The number of carbonyl (C=O) groups is 2. The van der Waals surface area contributed by atoms with Gasteiger partial charge in [0.25, 0.3) is 0 Å². The first-order valence-electron chi connectivity index (χ1n) is 13.7. The van der Waals surface area contributed by atoms with Crippen molar-refractivity contribution in [2.45, 2.75) is 84.1 Å². The number of hydrogen-bond donors (Lipinski definition) is 6. The average Bonchev–Trinajstić information content (AvgIpc) is 2.84. The van der Waals surface area contributed by atoms with Crippen LogP contribution in [0.1, 0.15) is 74.6 Å². The lowest BCUT2D eigenvalue weighted by atomic mass is 10.1. The second kappa shape index (κ2) is 13.8. The van der Waals surface area contributed by atoms with Crippen LogP contribution in [-0.2, 0) is 4.43 Å². The smallest absolute Gasteiger partial charge is 0.248 e. The summed E-state index contributed by atoms with van der Waals surface area (Å²) in [7, 11) is -1.83. The summed E-state index contributed by atoms with van der Waals surface area (Å²) in [5.74, 6) is -0.598. The third kappa shape index (κ3) is 9.34. The number of anilines is 4. The third-order valence-corrected chi connectivity index (χ3v) is 11.9. The highest BCUT2D eigenvalue weighted by molar-refractivity contribution is 6.74. The molecule has 2 unspecified atom stereocenters. The number of ether oxygens (including phenoxy) is 1. The van der Waals surface area contributed by atoms with E-state index in [1.807, 2.05) is 0 Å². The summed E-state index contributed by atoms with van der Waals surface area (Å²) in [5, 5.41) is 6.97. The normalized spacial score (nSPS) is 13.4. The number of rotatable bonds is 15. The third-order valence-electron chi connectivity index (χ3n) is 7.39. The summed E-state index contributed by atoms with van der Waals surface area (Å²) in [6, 6.07) is 8.33. The SMILES string of the molecule is CC(CCC(C)Nc1c(N)cc(C(N)=O)cc1OCCCO[Si](C)(C)C(C)(C)C)Nc1ccc(C(N)=O)cc1N. The van der Waals surface area contributed by atoms with Gasteiger partial charge in [-0.3, -0.25) is 9.59 Å². The van der Waals surface area contributed by atoms with E-state index >= 15 is 0 Å². The molecule has 2 rings (SSSR count). The first-order valence-corrected chi connectivity index (χ1v) is 16.6. The lowest BCUT2D eigenvalue weighted by Crippen LogP contribution is -2.41. The van der Waals surface area contributed by atoms with Gasteiger partial charge >= 0.3 is 0 Å². The maximum Gasteiger partial charge on any atom is 0.248 e. The van der Waals surface area contributed by atoms with Crippen LogP contribution in [0.5, 0.6) is 5.75 Å². The Hall–Kier alpha value is -3.44. The first-order chi connectivity index (χ1) is 18.5. The van der Waals surface area contributed by atoms with Gasteiger partial charge in [0.1, 0.15) is 11.4 Å². The summed E-state index contributed by atoms with van der Waals surface area (Å²) in [4.78, 5) is 23.2. The Kier molecular flexibility index (Phi) is 11.3. The van der Waals surface area contributed by atoms with E-state index in [9.17, 15) is 9.59 Å². The van der Waals surface area contributed by atoms with Gasteiger partial charge < -0.3 is 42.7 Å². The van der Waals surface area contributed by atoms with Crippen LogP contribution in [0.2, 0.25) is 18.1 Å². The molecule has 2 aromatic carbocycles. The zero-order valence-corrected chi connectivity index (χ0v) is 26.0. The van der Waals surface area contributed by atoms with Crippen LogP contribution in [0, 0.1) is 0 Å². The second-order valence-electron chi connectivity index (χ2n) is 11.9. The molecule has 2 atom stereocenters. The molecule has 0 aromatic heterocycles. The predicted octanol–water partition coefficient (Wildman–Crippen LogP) is 4.92. The van der Waals surface area contributed by atoms with Crippen LogP contribution in [0.25, 0.3) is 0 Å². The summed E-state index contributed by atoms with van der Waals surface area (Å²) < 4.78 is 12.3. The number of benzene rings is 2. The van der Waals surface area contributed by atoms with Crippen molar-refractivity contribution in [3.63, 3.8) is 0 Å². The van der Waals surface area contributed by atoms with Gasteiger partial charge in [0, 0.05) is 36.2 Å². The molecule has 0 radical (unpaired) electrons. The van der Waals surface area contributed by atoms with Gasteiger partial charge in [0.15, 0.2) is 8.32 Å². The monoisotopic (exact) mass is 572 g/mol. The van der Waals surface area contributed by atoms with Gasteiger partial charge in [-0.15, -0.1) is 0 Å². The molecular formula is C29H48N6O4Si. The fraction of sp³-hybridized carbons (Fsp3) is 0.517. The standard InChI is InChI=1S/C29H48N6O4Si/c1-18(34-24-12-11-20(27(32)36)15-22(24)30)9-10-19(2)35-26-23(31)16-21(28(33)37)17-25(26)38-13-8-14-39-40(6,7)29(3,4)5/h11-12,15-19,34-35H,8-10,13-14,30-31H2,1-7H3,(H2,32,36)(H2,33,37). The van der Waals surface area contributed by atoms with Crippen LogP contribution in [0.4, 0.5) is 22.7 Å². The van der Waals surface area contributed by atoms with Gasteiger partial charge in [-0.25, -0.2) is 0 Å². The summed E-state index contributed by atoms with van der Waals surface area (Å²) in [6.07, 6.45) is 2.34. The molecule has 0 aliphatic rings. The Morgan fingerprint density at radius 2 is 1.45 bits per heavy atom. The van der Waals surface area contributed by atoms with E-state index in [1.165, 1.54) is 0 Å². The Bertz CT molecular complexity index is 1180. The topological polar surface area (TPSA) is 181 Å². The minimum Gasteiger partial charge on any atom is -0.491 e. The zero-order valence-electron chi connectivity index (χ0n) is 25.0. The number of hydrogen-bond acceptors (Lipinski definition) is 8. The summed E-state index contributed by atoms with van der Waals surface area (Å²) in [6.45, 7) is 16.2. The maximum atomic E-state index is 11.9. The van der Waals surface area contributed by atoms with Crippen molar-refractivity contribution in [2.75, 3.05) is 35.3 Å². The van der Waals surface area contributed by atoms with Gasteiger partial charge in [-0.1, -0.05) is 20.8 Å². The largest absolute Gasteiger partial charge is 0.491 e. The van der Waals surface area contributed by atoms with Gasteiger partial charge in [0.05, 0.1) is 23.7 Å². The van der Waals surface area contributed by atoms with Crippen molar-refractivity contribution in [3.05, 3.63) is 41.5 Å². The molecule has 0 heterocycles. The molecular weight excluding hydrogens is 524 g/mol. The molecule has 40 heavy (non-hydrogen) atoms. The van der Waals surface area contributed by atoms with E-state index < -0.39 is 20.1 Å². The van der Waals surface area contributed by atoms with Crippen molar-refractivity contribution in [1.82, 2.24) is 0 Å². The summed E-state index contributed by atoms with van der Waals surface area (Å²) in [5.41, 5.74) is 26.2. The lowest BCUT2D eigenvalue weighted by molar-refractivity contribution is 0.0991. The van der Waals surface area contributed by atoms with Crippen molar-refractivity contribution >= 4 is 42.9 Å². The predicted molar refractivity (Wildman–Crippen MR) is 167 cm³/mol. The van der Waals surface area contributed by atoms with Crippen molar-refractivity contribution < 1.29 is 18.8 Å². The number of nitrogen functional groups attached to an aromatic ring is 2. The molecule has 2 amide bonds. The van der Waals surface area contributed by atoms with Crippen LogP contribution in [0.3, 0.4) is 0 Å². The molecule has 0 saturated heterocycles. The quantitative estimate of drug-likeness (QED) is 0.0987. The van der Waals surface area contributed by atoms with E-state index in [0.29, 0.717) is 53.6 Å². The van der Waals surface area contributed by atoms with Crippen LogP contribution < -0.4 is 38.3 Å². The molecule has 10 nitrogen and oxygen atoms in total. The van der Waals surface area contributed by atoms with Crippen LogP contribution in [0.15, 0.2) is 30.3 Å². The maximum absolute atomic E-state index is 11.9. The molecule has 222 valence electrons. The highest BCUT2D eigenvalue weighted by Crippen LogP contribution is 2.37. The second-order valence-corrected chi connectivity index (χ2v) is 16.8. The molecule has 0 aliphatic carbocycles. The van der Waals surface area contributed by atoms with Crippen LogP contribution in [-0.4, -0.2) is 45.4 Å². The molecule has 2 aromatic rings. The van der Waals surface area contributed by atoms with Crippen molar-refractivity contribution in [1.29, 1.82) is 0 Å². The van der Waals surface area contributed by atoms with Gasteiger partial charge in [0.2, 0.25) is 11.8 Å². The molecule has 0 saturated carbocycles. The fourth-order valence-corrected chi connectivity index (χ4v) is 4.92. The highest BCUT2D eigenvalue weighted by Gasteiger charge is 2.36. The number of primary amides is 2. The van der Waals surface area contributed by atoms with Crippen molar-refractivity contribution in [2.24, 2.45) is 11.5 Å². The van der Waals surface area contributed by atoms with Crippen molar-refractivity contribution in [3.8, 4) is 5.75 Å². The number of nitrogens with one attached hydrogen (secondary N) is 2. The minimum absolute atomic E-state index is 0.0461. The van der Waals surface area contributed by atoms with E-state index in [2.05, 4.69) is 58.3 Å². The van der Waals surface area contributed by atoms with E-state index in [-0.39, 0.29) is 17.1 Å². The first kappa shape index (κ1) is 32.8. The molecule has 0 spiro atoms. The highest BCUT2D eigenvalue weighted by atomic mass is 28.4. The molecule has 11 heteroatoms. The zero-order chi connectivity index (χ0) is 30.3. The van der Waals surface area contributed by atoms with Gasteiger partial charge in [-0.2, -0.15) is 0 Å². The van der Waals surface area contributed by atoms with E-state index in [1.54, 1.807) is 30.3 Å². The molecule has 0 aliphatic heterocycles. The number of amides is 2. The van der Waals surface area contributed by atoms with Crippen LogP contribution >= 0.6 is 0 Å². The minimum atomic E-state index is -1.83.